The monoisotopic (exact) mass is 468 g/mol. The van der Waals surface area contributed by atoms with Gasteiger partial charge in [0.1, 0.15) is 5.75 Å². The van der Waals surface area contributed by atoms with Crippen LogP contribution in [0.5, 0.6) is 5.75 Å². The Morgan fingerprint density at radius 3 is 2.29 bits per heavy atom. The minimum Gasteiger partial charge on any atom is -0.482 e. The number of carbonyl (C=O) groups excluding carboxylic acids is 2. The molecule has 168 valence electrons. The second-order valence-corrected chi connectivity index (χ2v) is 8.86. The van der Waals surface area contributed by atoms with E-state index >= 15 is 0 Å². The minimum atomic E-state index is -3.68. The van der Waals surface area contributed by atoms with Crippen molar-refractivity contribution < 1.29 is 27.5 Å². The zero-order valence-corrected chi connectivity index (χ0v) is 19.1. The Morgan fingerprint density at radius 2 is 1.68 bits per heavy atom. The van der Waals surface area contributed by atoms with Gasteiger partial charge in [0, 0.05) is 23.8 Å². The normalized spacial score (nSPS) is 11.3. The first-order chi connectivity index (χ1) is 14.7. The number of benzene rings is 2. The van der Waals surface area contributed by atoms with Crippen LogP contribution < -0.4 is 10.1 Å². The molecule has 0 aromatic heterocycles. The number of sulfonamides is 1. The molecule has 0 spiro atoms. The molecule has 10 heteroatoms. The number of carbonyl (C=O) groups is 2. The predicted octanol–water partition coefficient (Wildman–Crippen LogP) is 3.24. The lowest BCUT2D eigenvalue weighted by Crippen LogP contribution is -2.31. The second-order valence-electron chi connectivity index (χ2n) is 6.52. The number of hydrogen-bond acceptors (Lipinski definition) is 6. The van der Waals surface area contributed by atoms with Crippen molar-refractivity contribution in [3.05, 3.63) is 53.1 Å². The number of anilines is 1. The van der Waals surface area contributed by atoms with E-state index < -0.39 is 28.5 Å². The molecule has 1 N–H and O–H groups in total. The number of ether oxygens (including phenoxy) is 2. The second kappa shape index (κ2) is 11.1. The zero-order chi connectivity index (χ0) is 23.0. The SMILES string of the molecule is CCN(CC)S(=O)(=O)c1cc(NC(=O)COC(=O)COc2ccc(Cl)cc2)ccc1C. The highest BCUT2D eigenvalue weighted by molar-refractivity contribution is 7.89. The van der Waals surface area contributed by atoms with Gasteiger partial charge < -0.3 is 14.8 Å². The molecular weight excluding hydrogens is 444 g/mol. The molecule has 0 atom stereocenters. The first-order valence-electron chi connectivity index (χ1n) is 9.62. The Hall–Kier alpha value is -2.62. The van der Waals surface area contributed by atoms with Crippen LogP contribution in [-0.4, -0.2) is 50.9 Å². The summed E-state index contributed by atoms with van der Waals surface area (Å²) in [6.45, 7) is 4.97. The summed E-state index contributed by atoms with van der Waals surface area (Å²) in [5, 5.41) is 3.08. The van der Waals surface area contributed by atoms with Crippen molar-refractivity contribution in [3.8, 4) is 5.75 Å². The molecule has 0 unspecified atom stereocenters. The third-order valence-electron chi connectivity index (χ3n) is 4.33. The molecule has 0 fully saturated rings. The molecule has 0 saturated carbocycles. The van der Waals surface area contributed by atoms with Gasteiger partial charge in [0.2, 0.25) is 10.0 Å². The third kappa shape index (κ3) is 6.95. The van der Waals surface area contributed by atoms with Crippen LogP contribution >= 0.6 is 11.6 Å². The van der Waals surface area contributed by atoms with Gasteiger partial charge in [0.25, 0.3) is 5.91 Å². The maximum atomic E-state index is 12.8. The molecule has 0 aliphatic heterocycles. The largest absolute Gasteiger partial charge is 0.482 e. The van der Waals surface area contributed by atoms with E-state index in [9.17, 15) is 18.0 Å². The predicted molar refractivity (Wildman–Crippen MR) is 118 cm³/mol. The number of aryl methyl sites for hydroxylation is 1. The van der Waals surface area contributed by atoms with Crippen LogP contribution in [0.15, 0.2) is 47.4 Å². The number of esters is 1. The Bertz CT molecular complexity index is 1020. The molecular formula is C21H25ClN2O6S. The third-order valence-corrected chi connectivity index (χ3v) is 6.77. The van der Waals surface area contributed by atoms with Crippen molar-refractivity contribution in [1.82, 2.24) is 4.31 Å². The number of nitrogens with zero attached hydrogens (tertiary/aromatic N) is 1. The highest BCUT2D eigenvalue weighted by Gasteiger charge is 2.24. The maximum Gasteiger partial charge on any atom is 0.344 e. The molecule has 2 aromatic carbocycles. The van der Waals surface area contributed by atoms with Gasteiger partial charge in [-0.2, -0.15) is 4.31 Å². The summed E-state index contributed by atoms with van der Waals surface area (Å²) in [7, 11) is -3.68. The standard InChI is InChI=1S/C21H25ClN2O6S/c1-4-24(5-2)31(27,28)19-12-17(9-6-15(19)3)23-20(25)13-30-21(26)14-29-18-10-7-16(22)8-11-18/h6-12H,4-5,13-14H2,1-3H3,(H,23,25). The van der Waals surface area contributed by atoms with Crippen LogP contribution in [0.4, 0.5) is 5.69 Å². The maximum absolute atomic E-state index is 12.8. The summed E-state index contributed by atoms with van der Waals surface area (Å²) < 4.78 is 37.1. The fourth-order valence-electron chi connectivity index (χ4n) is 2.72. The number of halogens is 1. The molecule has 0 saturated heterocycles. The molecule has 1 amide bonds. The Labute approximate surface area is 187 Å². The highest BCUT2D eigenvalue weighted by Crippen LogP contribution is 2.23. The van der Waals surface area contributed by atoms with Crippen molar-refractivity contribution in [3.63, 3.8) is 0 Å². The van der Waals surface area contributed by atoms with Crippen molar-refractivity contribution in [1.29, 1.82) is 0 Å². The summed E-state index contributed by atoms with van der Waals surface area (Å²) in [4.78, 5) is 24.0. The molecule has 2 aromatic rings. The van der Waals surface area contributed by atoms with Crippen molar-refractivity contribution >= 4 is 39.2 Å². The van der Waals surface area contributed by atoms with E-state index in [0.29, 0.717) is 29.4 Å². The van der Waals surface area contributed by atoms with Gasteiger partial charge in [-0.25, -0.2) is 13.2 Å². The number of amides is 1. The molecule has 0 heterocycles. The first kappa shape index (κ1) is 24.6. The Balaban J connectivity index is 1.93. The van der Waals surface area contributed by atoms with Gasteiger partial charge in [-0.3, -0.25) is 4.79 Å². The van der Waals surface area contributed by atoms with Gasteiger partial charge in [-0.15, -0.1) is 0 Å². The van der Waals surface area contributed by atoms with E-state index in [0.717, 1.165) is 0 Å². The van der Waals surface area contributed by atoms with E-state index in [2.05, 4.69) is 5.32 Å². The van der Waals surface area contributed by atoms with Gasteiger partial charge in [0.05, 0.1) is 4.90 Å². The van der Waals surface area contributed by atoms with Crippen molar-refractivity contribution in [2.75, 3.05) is 31.6 Å². The Kier molecular flexibility index (Phi) is 8.85. The van der Waals surface area contributed by atoms with Crippen LogP contribution in [0.3, 0.4) is 0 Å². The van der Waals surface area contributed by atoms with E-state index in [4.69, 9.17) is 21.1 Å². The summed E-state index contributed by atoms with van der Waals surface area (Å²) in [6.07, 6.45) is 0. The van der Waals surface area contributed by atoms with Crippen LogP contribution in [0.1, 0.15) is 19.4 Å². The lowest BCUT2D eigenvalue weighted by Gasteiger charge is -2.20. The molecule has 0 aliphatic carbocycles. The van der Waals surface area contributed by atoms with Crippen LogP contribution in [0.25, 0.3) is 0 Å². The lowest BCUT2D eigenvalue weighted by atomic mass is 10.2. The van der Waals surface area contributed by atoms with Crippen LogP contribution in [-0.2, 0) is 24.3 Å². The van der Waals surface area contributed by atoms with E-state index in [-0.39, 0.29) is 17.2 Å². The smallest absolute Gasteiger partial charge is 0.344 e. The molecule has 0 radical (unpaired) electrons. The van der Waals surface area contributed by atoms with Crippen LogP contribution in [0, 0.1) is 6.92 Å². The summed E-state index contributed by atoms with van der Waals surface area (Å²) >= 11 is 5.77. The quantitative estimate of drug-likeness (QED) is 0.537. The number of hydrogen-bond donors (Lipinski definition) is 1. The number of rotatable bonds is 10. The van der Waals surface area contributed by atoms with Gasteiger partial charge >= 0.3 is 5.97 Å². The van der Waals surface area contributed by atoms with Crippen molar-refractivity contribution in [2.24, 2.45) is 0 Å². The van der Waals surface area contributed by atoms with Crippen LogP contribution in [0.2, 0.25) is 5.02 Å². The van der Waals surface area contributed by atoms with Gasteiger partial charge in [0.15, 0.2) is 13.2 Å². The fourth-order valence-corrected chi connectivity index (χ4v) is 4.55. The summed E-state index contributed by atoms with van der Waals surface area (Å²) in [6, 6.07) is 11.0. The molecule has 31 heavy (non-hydrogen) atoms. The van der Waals surface area contributed by atoms with E-state index in [1.54, 1.807) is 57.2 Å². The Morgan fingerprint density at radius 1 is 1.03 bits per heavy atom. The topological polar surface area (TPSA) is 102 Å². The average Bonchev–Trinajstić information content (AvgIpc) is 2.73. The lowest BCUT2D eigenvalue weighted by molar-refractivity contribution is -0.149. The van der Waals surface area contributed by atoms with Gasteiger partial charge in [-0.1, -0.05) is 31.5 Å². The molecule has 0 bridgehead atoms. The average molecular weight is 469 g/mol. The van der Waals surface area contributed by atoms with E-state index in [1.807, 2.05) is 0 Å². The fraction of sp³-hybridized carbons (Fsp3) is 0.333. The van der Waals surface area contributed by atoms with Gasteiger partial charge in [-0.05, 0) is 48.9 Å². The molecule has 2 rings (SSSR count). The molecule has 8 nitrogen and oxygen atoms in total. The number of nitrogens with one attached hydrogen (secondary N) is 1. The zero-order valence-electron chi connectivity index (χ0n) is 17.6. The van der Waals surface area contributed by atoms with Crippen molar-refractivity contribution in [2.45, 2.75) is 25.7 Å². The molecule has 0 aliphatic rings. The summed E-state index contributed by atoms with van der Waals surface area (Å²) in [5.74, 6) is -0.888. The first-order valence-corrected chi connectivity index (χ1v) is 11.4. The highest BCUT2D eigenvalue weighted by atomic mass is 35.5. The summed E-state index contributed by atoms with van der Waals surface area (Å²) in [5.41, 5.74) is 0.852. The van der Waals surface area contributed by atoms with E-state index in [1.165, 1.54) is 10.4 Å². The minimum absolute atomic E-state index is 0.113.